The molecule has 6 nitrogen and oxygen atoms in total. The predicted octanol–water partition coefficient (Wildman–Crippen LogP) is 5.02. The Kier molecular flexibility index (Phi) is 4.25. The van der Waals surface area contributed by atoms with Gasteiger partial charge in [-0.15, -0.1) is 0 Å². The van der Waals surface area contributed by atoms with Gasteiger partial charge in [0.15, 0.2) is 0 Å². The number of nitro benzene ring substituents is 1. The molecule has 1 unspecified atom stereocenters. The summed E-state index contributed by atoms with van der Waals surface area (Å²) in [6.45, 7) is 0. The Morgan fingerprint density at radius 3 is 2.48 bits per heavy atom. The molecule has 4 rings (SSSR count). The summed E-state index contributed by atoms with van der Waals surface area (Å²) in [5, 5.41) is 15.1. The van der Waals surface area contributed by atoms with E-state index in [0.717, 1.165) is 0 Å². The molecule has 1 aliphatic rings. The molecule has 0 fully saturated rings. The first kappa shape index (κ1) is 17.1. The number of benzene rings is 3. The number of anilines is 2. The van der Waals surface area contributed by atoms with Gasteiger partial charge < -0.3 is 5.32 Å². The molecule has 0 saturated heterocycles. The van der Waals surface area contributed by atoms with Crippen LogP contribution in [-0.4, -0.2) is 10.8 Å². The van der Waals surface area contributed by atoms with Gasteiger partial charge in [-0.2, -0.15) is 0 Å². The largest absolute Gasteiger partial charge is 0.360 e. The van der Waals surface area contributed by atoms with Crippen molar-refractivity contribution in [3.05, 3.63) is 99.1 Å². The van der Waals surface area contributed by atoms with Crippen molar-refractivity contribution >= 4 is 34.6 Å². The maximum Gasteiger partial charge on any atom is 0.269 e. The molecule has 1 atom stereocenters. The molecule has 0 aromatic heterocycles. The molecule has 27 heavy (non-hydrogen) atoms. The van der Waals surface area contributed by atoms with Crippen LogP contribution in [0, 0.1) is 10.1 Å². The highest BCUT2D eigenvalue weighted by atomic mass is 35.5. The molecule has 1 amide bonds. The molecular weight excluding hydrogens is 366 g/mol. The van der Waals surface area contributed by atoms with Gasteiger partial charge in [-0.3, -0.25) is 19.8 Å². The number of non-ortho nitro benzene ring substituents is 1. The lowest BCUT2D eigenvalue weighted by Crippen LogP contribution is -2.43. The van der Waals surface area contributed by atoms with Crippen molar-refractivity contribution in [2.45, 2.75) is 6.17 Å². The maximum absolute atomic E-state index is 13.2. The molecule has 0 radical (unpaired) electrons. The van der Waals surface area contributed by atoms with Crippen LogP contribution in [-0.2, 0) is 0 Å². The van der Waals surface area contributed by atoms with Gasteiger partial charge in [-0.25, -0.2) is 0 Å². The SMILES string of the molecule is O=C1c2ccccc2NC(c2cccc([N+](=O)[O-])c2)N1c1ccc(Cl)cc1. The molecular formula is C20H14ClN3O3. The van der Waals surface area contributed by atoms with Gasteiger partial charge in [-0.05, 0) is 36.4 Å². The van der Waals surface area contributed by atoms with Crippen LogP contribution in [0.15, 0.2) is 72.8 Å². The Hall–Kier alpha value is -3.38. The minimum absolute atomic E-state index is 0.0309. The fourth-order valence-electron chi connectivity index (χ4n) is 3.16. The standard InChI is InChI=1S/C20H14ClN3O3/c21-14-8-10-15(11-9-14)23-19(13-4-3-5-16(12-13)24(26)27)22-18-7-2-1-6-17(18)20(23)25/h1-12,19,22H. The monoisotopic (exact) mass is 379 g/mol. The summed E-state index contributed by atoms with van der Waals surface area (Å²) in [5.41, 5.74) is 2.44. The van der Waals surface area contributed by atoms with E-state index in [-0.39, 0.29) is 11.6 Å². The summed E-state index contributed by atoms with van der Waals surface area (Å²) < 4.78 is 0. The summed E-state index contributed by atoms with van der Waals surface area (Å²) in [7, 11) is 0. The van der Waals surface area contributed by atoms with Crippen LogP contribution in [0.5, 0.6) is 0 Å². The average Bonchev–Trinajstić information content (AvgIpc) is 2.69. The molecule has 0 saturated carbocycles. The second-order valence-electron chi connectivity index (χ2n) is 6.10. The fourth-order valence-corrected chi connectivity index (χ4v) is 3.29. The molecule has 0 aliphatic carbocycles. The molecule has 1 N–H and O–H groups in total. The van der Waals surface area contributed by atoms with Crippen LogP contribution in [0.2, 0.25) is 5.02 Å². The number of rotatable bonds is 3. The number of nitro groups is 1. The van der Waals surface area contributed by atoms with E-state index >= 15 is 0 Å². The molecule has 3 aromatic rings. The van der Waals surface area contributed by atoms with Gasteiger partial charge in [0.05, 0.1) is 10.5 Å². The Morgan fingerprint density at radius 2 is 1.74 bits per heavy atom. The minimum atomic E-state index is -0.589. The number of carbonyl (C=O) groups is 1. The van der Waals surface area contributed by atoms with Gasteiger partial charge >= 0.3 is 0 Å². The molecule has 3 aromatic carbocycles. The van der Waals surface area contributed by atoms with Crippen molar-refractivity contribution < 1.29 is 9.72 Å². The van der Waals surface area contributed by atoms with Crippen molar-refractivity contribution in [2.75, 3.05) is 10.2 Å². The quantitative estimate of drug-likeness (QED) is 0.512. The highest BCUT2D eigenvalue weighted by Gasteiger charge is 2.34. The highest BCUT2D eigenvalue weighted by molar-refractivity contribution is 6.30. The number of halogens is 1. The van der Waals surface area contributed by atoms with E-state index in [1.165, 1.54) is 12.1 Å². The van der Waals surface area contributed by atoms with E-state index in [2.05, 4.69) is 5.32 Å². The normalized spacial score (nSPS) is 15.8. The van der Waals surface area contributed by atoms with Crippen LogP contribution >= 0.6 is 11.6 Å². The highest BCUT2D eigenvalue weighted by Crippen LogP contribution is 2.37. The zero-order valence-electron chi connectivity index (χ0n) is 14.0. The summed E-state index contributed by atoms with van der Waals surface area (Å²) >= 11 is 5.98. The van der Waals surface area contributed by atoms with Crippen molar-refractivity contribution in [1.82, 2.24) is 0 Å². The zero-order chi connectivity index (χ0) is 19.0. The number of amides is 1. The first-order valence-corrected chi connectivity index (χ1v) is 8.61. The number of hydrogen-bond acceptors (Lipinski definition) is 4. The van der Waals surface area contributed by atoms with Gasteiger partial charge in [0, 0.05) is 34.1 Å². The van der Waals surface area contributed by atoms with Gasteiger partial charge in [-0.1, -0.05) is 35.9 Å². The molecule has 0 spiro atoms. The summed E-state index contributed by atoms with van der Waals surface area (Å²) in [4.78, 5) is 25.5. The Labute approximate surface area is 160 Å². The number of fused-ring (bicyclic) bond motifs is 1. The van der Waals surface area contributed by atoms with Gasteiger partial charge in [0.2, 0.25) is 0 Å². The van der Waals surface area contributed by atoms with E-state index in [9.17, 15) is 14.9 Å². The topological polar surface area (TPSA) is 75.5 Å². The zero-order valence-corrected chi connectivity index (χ0v) is 14.8. The molecule has 134 valence electrons. The van der Waals surface area contributed by atoms with E-state index in [4.69, 9.17) is 11.6 Å². The molecule has 0 bridgehead atoms. The first-order valence-electron chi connectivity index (χ1n) is 8.23. The van der Waals surface area contributed by atoms with E-state index in [1.807, 2.05) is 12.1 Å². The number of nitrogens with one attached hydrogen (secondary N) is 1. The predicted molar refractivity (Wildman–Crippen MR) is 104 cm³/mol. The third-order valence-electron chi connectivity index (χ3n) is 4.43. The summed E-state index contributed by atoms with van der Waals surface area (Å²) in [5.74, 6) is -0.192. The van der Waals surface area contributed by atoms with Crippen LogP contribution in [0.3, 0.4) is 0 Å². The maximum atomic E-state index is 13.2. The first-order chi connectivity index (χ1) is 13.0. The third kappa shape index (κ3) is 3.11. The Bertz CT molecular complexity index is 1040. The number of para-hydroxylation sites is 1. The second-order valence-corrected chi connectivity index (χ2v) is 6.53. The average molecular weight is 380 g/mol. The van der Waals surface area contributed by atoms with E-state index < -0.39 is 11.1 Å². The van der Waals surface area contributed by atoms with Crippen LogP contribution in [0.25, 0.3) is 0 Å². The number of carbonyl (C=O) groups excluding carboxylic acids is 1. The molecule has 1 aliphatic heterocycles. The summed E-state index contributed by atoms with van der Waals surface area (Å²) in [6.07, 6.45) is -0.589. The fraction of sp³-hybridized carbons (Fsp3) is 0.0500. The third-order valence-corrected chi connectivity index (χ3v) is 4.68. The van der Waals surface area contributed by atoms with Crippen LogP contribution in [0.4, 0.5) is 17.1 Å². The minimum Gasteiger partial charge on any atom is -0.360 e. The Balaban J connectivity index is 1.86. The van der Waals surface area contributed by atoms with Gasteiger partial charge in [0.1, 0.15) is 6.17 Å². The lowest BCUT2D eigenvalue weighted by Gasteiger charge is -2.38. The van der Waals surface area contributed by atoms with E-state index in [1.54, 1.807) is 53.4 Å². The lowest BCUT2D eigenvalue weighted by molar-refractivity contribution is -0.384. The van der Waals surface area contributed by atoms with Crippen molar-refractivity contribution in [3.63, 3.8) is 0 Å². The van der Waals surface area contributed by atoms with Gasteiger partial charge in [0.25, 0.3) is 11.6 Å². The second kappa shape index (κ2) is 6.74. The van der Waals surface area contributed by atoms with Crippen molar-refractivity contribution in [1.29, 1.82) is 0 Å². The van der Waals surface area contributed by atoms with Crippen molar-refractivity contribution in [3.8, 4) is 0 Å². The molecule has 1 heterocycles. The number of hydrogen-bond donors (Lipinski definition) is 1. The van der Waals surface area contributed by atoms with Crippen LogP contribution < -0.4 is 10.2 Å². The molecule has 7 heteroatoms. The smallest absolute Gasteiger partial charge is 0.269 e. The Morgan fingerprint density at radius 1 is 1.00 bits per heavy atom. The lowest BCUT2D eigenvalue weighted by atomic mass is 10.0. The number of nitrogens with zero attached hydrogens (tertiary/aromatic N) is 2. The summed E-state index contributed by atoms with van der Waals surface area (Å²) in [6, 6.07) is 20.4. The van der Waals surface area contributed by atoms with E-state index in [0.29, 0.717) is 27.5 Å². The van der Waals surface area contributed by atoms with Crippen molar-refractivity contribution in [2.24, 2.45) is 0 Å². The van der Waals surface area contributed by atoms with Crippen LogP contribution in [0.1, 0.15) is 22.1 Å².